The van der Waals surface area contributed by atoms with Crippen LogP contribution in [0.4, 0.5) is 5.69 Å². The van der Waals surface area contributed by atoms with E-state index in [9.17, 15) is 0 Å². The lowest BCUT2D eigenvalue weighted by atomic mass is 9.93. The van der Waals surface area contributed by atoms with Crippen molar-refractivity contribution in [2.75, 3.05) is 5.73 Å². The quantitative estimate of drug-likeness (QED) is 0.578. The maximum absolute atomic E-state index is 6.52. The first kappa shape index (κ1) is 18.1. The minimum atomic E-state index is 0.615. The summed E-state index contributed by atoms with van der Waals surface area (Å²) in [4.78, 5) is 0. The van der Waals surface area contributed by atoms with E-state index >= 15 is 0 Å². The smallest absolute Gasteiger partial charge is 0.0886 e. The van der Waals surface area contributed by atoms with Gasteiger partial charge in [0.25, 0.3) is 0 Å². The van der Waals surface area contributed by atoms with Crippen LogP contribution >= 0.6 is 23.2 Å². The van der Waals surface area contributed by atoms with Gasteiger partial charge < -0.3 is 5.73 Å². The summed E-state index contributed by atoms with van der Waals surface area (Å²) in [5.41, 5.74) is 12.0. The van der Waals surface area contributed by atoms with Gasteiger partial charge in [-0.3, -0.25) is 0 Å². The molecular weight excluding hydrogens is 353 g/mol. The molecule has 3 rings (SSSR count). The number of rotatable bonds is 5. The van der Waals surface area contributed by atoms with Crippen molar-refractivity contribution in [3.8, 4) is 11.3 Å². The van der Waals surface area contributed by atoms with E-state index in [1.54, 1.807) is 6.07 Å². The van der Waals surface area contributed by atoms with Crippen LogP contribution in [0.1, 0.15) is 37.9 Å². The van der Waals surface area contributed by atoms with Gasteiger partial charge in [-0.05, 0) is 55.2 Å². The number of fused-ring (bicyclic) bond motifs is 1. The van der Waals surface area contributed by atoms with Gasteiger partial charge in [0.05, 0.1) is 27.6 Å². The zero-order chi connectivity index (χ0) is 18.1. The van der Waals surface area contributed by atoms with E-state index in [2.05, 4.69) is 19.9 Å². The van der Waals surface area contributed by atoms with Gasteiger partial charge in [0.2, 0.25) is 0 Å². The predicted octanol–water partition coefficient (Wildman–Crippen LogP) is 6.18. The predicted molar refractivity (Wildman–Crippen MR) is 108 cm³/mol. The molecule has 0 fully saturated rings. The molecule has 0 spiro atoms. The molecule has 0 aliphatic heterocycles. The Morgan fingerprint density at radius 3 is 2.48 bits per heavy atom. The normalized spacial score (nSPS) is 11.6. The molecule has 0 aliphatic carbocycles. The second-order valence-corrected chi connectivity index (χ2v) is 7.41. The van der Waals surface area contributed by atoms with Crippen LogP contribution in [0.15, 0.2) is 30.3 Å². The van der Waals surface area contributed by atoms with Crippen molar-refractivity contribution < 1.29 is 0 Å². The van der Waals surface area contributed by atoms with Gasteiger partial charge in [-0.1, -0.05) is 49.9 Å². The van der Waals surface area contributed by atoms with Gasteiger partial charge in [-0.25, -0.2) is 4.52 Å². The number of halogens is 2. The highest BCUT2D eigenvalue weighted by Gasteiger charge is 2.20. The summed E-state index contributed by atoms with van der Waals surface area (Å²) in [7, 11) is 0. The first-order valence-corrected chi connectivity index (χ1v) is 9.43. The molecule has 132 valence electrons. The number of nitrogens with two attached hydrogens (primary N) is 1. The van der Waals surface area contributed by atoms with Crippen molar-refractivity contribution >= 4 is 34.4 Å². The molecule has 5 heteroatoms. The molecule has 0 saturated carbocycles. The molecule has 0 aliphatic rings. The first-order valence-electron chi connectivity index (χ1n) is 8.67. The van der Waals surface area contributed by atoms with E-state index < -0.39 is 0 Å². The minimum absolute atomic E-state index is 0.615. The van der Waals surface area contributed by atoms with E-state index in [0.29, 0.717) is 16.0 Å². The van der Waals surface area contributed by atoms with Crippen LogP contribution in [-0.2, 0) is 6.42 Å². The molecule has 0 saturated heterocycles. The summed E-state index contributed by atoms with van der Waals surface area (Å²) in [5.74, 6) is 0.615. The SMILES string of the molecule is CCC(CC)Cc1cc2c(N)cc(C)nn2c1-c1ccc(Cl)cc1Cl. The van der Waals surface area contributed by atoms with Gasteiger partial charge in [0, 0.05) is 10.6 Å². The number of anilines is 1. The van der Waals surface area contributed by atoms with Crippen molar-refractivity contribution in [3.63, 3.8) is 0 Å². The largest absolute Gasteiger partial charge is 0.397 e. The van der Waals surface area contributed by atoms with Gasteiger partial charge in [0.15, 0.2) is 0 Å². The second kappa shape index (κ2) is 7.27. The number of benzene rings is 1. The molecule has 25 heavy (non-hydrogen) atoms. The first-order chi connectivity index (χ1) is 11.9. The molecule has 2 aromatic heterocycles. The highest BCUT2D eigenvalue weighted by atomic mass is 35.5. The summed E-state index contributed by atoms with van der Waals surface area (Å²) in [6.45, 7) is 6.41. The van der Waals surface area contributed by atoms with Crippen molar-refractivity contribution in [1.29, 1.82) is 0 Å². The Hall–Kier alpha value is -1.71. The molecular formula is C20H23Cl2N3. The van der Waals surface area contributed by atoms with Crippen molar-refractivity contribution in [3.05, 3.63) is 51.6 Å². The number of aromatic nitrogens is 2. The Labute approximate surface area is 158 Å². The van der Waals surface area contributed by atoms with Crippen LogP contribution in [0.3, 0.4) is 0 Å². The number of nitrogens with zero attached hydrogens (tertiary/aromatic N) is 2. The number of hydrogen-bond acceptors (Lipinski definition) is 2. The summed E-state index contributed by atoms with van der Waals surface area (Å²) in [6.07, 6.45) is 3.25. The Morgan fingerprint density at radius 1 is 1.12 bits per heavy atom. The average Bonchev–Trinajstić information content (AvgIpc) is 2.91. The van der Waals surface area contributed by atoms with Gasteiger partial charge >= 0.3 is 0 Å². The van der Waals surface area contributed by atoms with Crippen molar-refractivity contribution in [2.24, 2.45) is 5.92 Å². The lowest BCUT2D eigenvalue weighted by Gasteiger charge is -2.14. The van der Waals surface area contributed by atoms with E-state index in [0.717, 1.165) is 47.4 Å². The monoisotopic (exact) mass is 375 g/mol. The fourth-order valence-corrected chi connectivity index (χ4v) is 3.86. The maximum Gasteiger partial charge on any atom is 0.0886 e. The lowest BCUT2D eigenvalue weighted by molar-refractivity contribution is 0.491. The van der Waals surface area contributed by atoms with Gasteiger partial charge in [-0.2, -0.15) is 5.10 Å². The van der Waals surface area contributed by atoms with Crippen LogP contribution in [0, 0.1) is 12.8 Å². The summed E-state index contributed by atoms with van der Waals surface area (Å²) in [5, 5.41) is 5.95. The van der Waals surface area contributed by atoms with E-state index in [1.165, 1.54) is 5.56 Å². The highest BCUT2D eigenvalue weighted by molar-refractivity contribution is 6.36. The number of hydrogen-bond donors (Lipinski definition) is 1. The Kier molecular flexibility index (Phi) is 5.26. The minimum Gasteiger partial charge on any atom is -0.397 e. The summed E-state index contributed by atoms with van der Waals surface area (Å²) < 4.78 is 1.93. The molecule has 0 unspecified atom stereocenters. The summed E-state index contributed by atoms with van der Waals surface area (Å²) >= 11 is 12.6. The molecule has 0 bridgehead atoms. The standard InChI is InChI=1S/C20H23Cl2N3/c1-4-13(5-2)9-14-10-19-18(23)8-12(3)24-25(19)20(14)16-7-6-15(21)11-17(16)22/h6-8,10-11,13H,4-5,9,23H2,1-3H3. The molecule has 0 atom stereocenters. The Balaban J connectivity index is 2.29. The maximum atomic E-state index is 6.52. The fraction of sp³-hybridized carbons (Fsp3) is 0.350. The molecule has 0 radical (unpaired) electrons. The highest BCUT2D eigenvalue weighted by Crippen LogP contribution is 2.37. The van der Waals surface area contributed by atoms with E-state index in [-0.39, 0.29) is 0 Å². The average molecular weight is 376 g/mol. The van der Waals surface area contributed by atoms with Crippen LogP contribution < -0.4 is 5.73 Å². The van der Waals surface area contributed by atoms with Gasteiger partial charge in [-0.15, -0.1) is 0 Å². The van der Waals surface area contributed by atoms with E-state index in [1.807, 2.05) is 29.6 Å². The zero-order valence-corrected chi connectivity index (χ0v) is 16.3. The molecule has 2 heterocycles. The third-order valence-corrected chi connectivity index (χ3v) is 5.37. The Bertz CT molecular complexity index is 911. The van der Waals surface area contributed by atoms with Crippen molar-refractivity contribution in [1.82, 2.24) is 9.61 Å². The molecule has 1 aromatic carbocycles. The third kappa shape index (κ3) is 3.49. The number of aryl methyl sites for hydroxylation is 1. The Morgan fingerprint density at radius 2 is 1.84 bits per heavy atom. The van der Waals surface area contributed by atoms with Crippen LogP contribution in [0.5, 0.6) is 0 Å². The molecule has 3 aromatic rings. The zero-order valence-electron chi connectivity index (χ0n) is 14.8. The molecule has 0 amide bonds. The van der Waals surface area contributed by atoms with Crippen LogP contribution in [0.2, 0.25) is 10.0 Å². The van der Waals surface area contributed by atoms with Crippen LogP contribution in [0.25, 0.3) is 16.8 Å². The molecule has 2 N–H and O–H groups in total. The van der Waals surface area contributed by atoms with Crippen LogP contribution in [-0.4, -0.2) is 9.61 Å². The summed E-state index contributed by atoms with van der Waals surface area (Å²) in [6, 6.07) is 9.66. The van der Waals surface area contributed by atoms with Gasteiger partial charge in [0.1, 0.15) is 0 Å². The third-order valence-electron chi connectivity index (χ3n) is 4.82. The fourth-order valence-electron chi connectivity index (χ4n) is 3.36. The van der Waals surface area contributed by atoms with E-state index in [4.69, 9.17) is 34.0 Å². The lowest BCUT2D eigenvalue weighted by Crippen LogP contribution is -2.04. The molecule has 3 nitrogen and oxygen atoms in total. The number of nitrogen functional groups attached to an aromatic ring is 1. The second-order valence-electron chi connectivity index (χ2n) is 6.57. The van der Waals surface area contributed by atoms with Crippen molar-refractivity contribution in [2.45, 2.75) is 40.0 Å². The topological polar surface area (TPSA) is 43.3 Å².